The fourth-order valence-corrected chi connectivity index (χ4v) is 9.96. The molecule has 1 aromatic carbocycles. The van der Waals surface area contributed by atoms with E-state index in [-0.39, 0.29) is 85.1 Å². The minimum absolute atomic E-state index is 0.0370. The van der Waals surface area contributed by atoms with Crippen LogP contribution in [0.15, 0.2) is 42.5 Å². The quantitative estimate of drug-likeness (QED) is 0.0853. The van der Waals surface area contributed by atoms with Crippen LogP contribution in [-0.4, -0.2) is 155 Å². The van der Waals surface area contributed by atoms with Gasteiger partial charge in [-0.05, 0) is 54.9 Å². The van der Waals surface area contributed by atoms with Gasteiger partial charge in [0, 0.05) is 65.9 Å². The highest BCUT2D eigenvalue weighted by atomic mass is 16.5. The van der Waals surface area contributed by atoms with Crippen molar-refractivity contribution in [2.75, 3.05) is 34.9 Å². The third-order valence-electron chi connectivity index (χ3n) is 14.1. The van der Waals surface area contributed by atoms with E-state index < -0.39 is 66.1 Å². The zero-order valence-corrected chi connectivity index (χ0v) is 41.4. The SMILES string of the molecule is CC[C@H](C)[C@@H]([C@@H](CC(=O)N1C2C[C@@H]2C[C@H]1[C@H](OC)[C@@H](C)C(=O)N[C@@H](Cc1ccccc1)C(=O)O)OC)N(C)C(=O)[C@@H](NC(=O)[C@H](C(C)C)N(C)C(=O)CCCCCN1C(=O)C=CC1=O)C(C)C. The number of nitrogens with zero attached hydrogens (tertiary/aromatic N) is 4. The van der Waals surface area contributed by atoms with Crippen LogP contribution in [0, 0.1) is 29.6 Å². The lowest BCUT2D eigenvalue weighted by molar-refractivity contribution is -0.149. The number of aliphatic carboxylic acids is 1. The summed E-state index contributed by atoms with van der Waals surface area (Å²) in [6.07, 6.45) is 4.99. The summed E-state index contributed by atoms with van der Waals surface area (Å²) in [5.41, 5.74) is 0.767. The van der Waals surface area contributed by atoms with Crippen molar-refractivity contribution >= 4 is 47.3 Å². The molecule has 1 saturated carbocycles. The number of ether oxygens (including phenoxy) is 2. The Labute approximate surface area is 396 Å². The Kier molecular flexibility index (Phi) is 20.1. The second kappa shape index (κ2) is 24.7. The van der Waals surface area contributed by atoms with Crippen LogP contribution in [-0.2, 0) is 54.3 Å². The minimum atomic E-state index is -1.16. The Morgan fingerprint density at radius 3 is 2.01 bits per heavy atom. The number of hydrogen-bond donors (Lipinski definition) is 3. The highest BCUT2D eigenvalue weighted by molar-refractivity contribution is 6.12. The number of carboxylic acid groups (broad SMARTS) is 1. The average molecular weight is 937 g/mol. The topological polar surface area (TPSA) is 212 Å². The van der Waals surface area contributed by atoms with Crippen LogP contribution < -0.4 is 10.6 Å². The van der Waals surface area contributed by atoms with Gasteiger partial charge in [0.2, 0.25) is 29.5 Å². The van der Waals surface area contributed by atoms with Crippen LogP contribution in [0.2, 0.25) is 0 Å². The molecule has 17 nitrogen and oxygen atoms in total. The van der Waals surface area contributed by atoms with Crippen LogP contribution in [0.5, 0.6) is 0 Å². The first-order chi connectivity index (χ1) is 31.7. The first-order valence-electron chi connectivity index (χ1n) is 24.0. The van der Waals surface area contributed by atoms with Crippen LogP contribution in [0.4, 0.5) is 0 Å². The van der Waals surface area contributed by atoms with Crippen molar-refractivity contribution in [3.8, 4) is 0 Å². The summed E-state index contributed by atoms with van der Waals surface area (Å²) in [5.74, 6) is -4.91. The van der Waals surface area contributed by atoms with Crippen LogP contribution in [0.25, 0.3) is 0 Å². The summed E-state index contributed by atoms with van der Waals surface area (Å²) in [4.78, 5) is 112. The molecule has 0 spiro atoms. The van der Waals surface area contributed by atoms with Crippen molar-refractivity contribution in [3.05, 3.63) is 48.0 Å². The van der Waals surface area contributed by atoms with Gasteiger partial charge in [-0.2, -0.15) is 0 Å². The molecule has 7 amide bonds. The molecule has 0 radical (unpaired) electrons. The van der Waals surface area contributed by atoms with Gasteiger partial charge in [0.1, 0.15) is 18.1 Å². The number of likely N-dealkylation sites (tertiary alicyclic amines) is 1. The molecule has 1 unspecified atom stereocenters. The molecule has 1 aromatic rings. The smallest absolute Gasteiger partial charge is 0.326 e. The van der Waals surface area contributed by atoms with Gasteiger partial charge in [-0.25, -0.2) is 4.79 Å². The standard InChI is InChI=1S/C50H76N6O11/c1-12-31(6)45(54(9)49(63)43(29(2)3)52-48(62)44(30(4)5)53(8)39(57)21-17-14-18-24-55-40(58)22-23-41(55)59)38(66-10)28-42(60)56-36-26-34(36)27-37(56)46(67-11)32(7)47(61)51-35(50(64)65)25-33-19-15-13-16-20-33/h13,15-16,19-20,22-23,29-32,34-38,43-46H,12,14,17-18,21,24-28H2,1-11H3,(H,51,61)(H,52,62)(H,64,65)/t31-,32+,34+,35-,36?,37-,38+,43-,44-,45-,46+/m0/s1. The van der Waals surface area contributed by atoms with Gasteiger partial charge >= 0.3 is 5.97 Å². The molecule has 67 heavy (non-hydrogen) atoms. The molecule has 372 valence electrons. The van der Waals surface area contributed by atoms with Crippen molar-refractivity contribution in [3.63, 3.8) is 0 Å². The van der Waals surface area contributed by atoms with Crippen molar-refractivity contribution in [1.29, 1.82) is 0 Å². The van der Waals surface area contributed by atoms with Crippen molar-refractivity contribution in [1.82, 2.24) is 30.2 Å². The molecular weight excluding hydrogens is 861 g/mol. The number of benzene rings is 1. The Bertz CT molecular complexity index is 1920. The van der Waals surface area contributed by atoms with E-state index in [2.05, 4.69) is 10.6 Å². The van der Waals surface area contributed by atoms with E-state index in [9.17, 15) is 43.5 Å². The first-order valence-corrected chi connectivity index (χ1v) is 24.0. The second-order valence-electron chi connectivity index (χ2n) is 19.4. The lowest BCUT2D eigenvalue weighted by Gasteiger charge is -2.41. The van der Waals surface area contributed by atoms with Gasteiger partial charge in [-0.1, -0.05) is 91.6 Å². The molecular formula is C50H76N6O11. The molecule has 4 rings (SSSR count). The number of unbranched alkanes of at least 4 members (excludes halogenated alkanes) is 2. The highest BCUT2D eigenvalue weighted by Crippen LogP contribution is 2.50. The molecule has 0 bridgehead atoms. The van der Waals surface area contributed by atoms with E-state index in [1.807, 2.05) is 64.6 Å². The fourth-order valence-electron chi connectivity index (χ4n) is 9.96. The van der Waals surface area contributed by atoms with Gasteiger partial charge in [0.05, 0.1) is 36.6 Å². The zero-order valence-electron chi connectivity index (χ0n) is 41.4. The highest BCUT2D eigenvalue weighted by Gasteiger charge is 2.57. The molecule has 2 heterocycles. The number of nitrogens with one attached hydrogen (secondary N) is 2. The van der Waals surface area contributed by atoms with Gasteiger partial charge in [0.25, 0.3) is 11.8 Å². The van der Waals surface area contributed by atoms with Gasteiger partial charge in [-0.3, -0.25) is 38.5 Å². The molecule has 1 aliphatic carbocycles. The Morgan fingerprint density at radius 2 is 1.46 bits per heavy atom. The summed E-state index contributed by atoms with van der Waals surface area (Å²) < 4.78 is 12.0. The number of fused-ring (bicyclic) bond motifs is 1. The predicted molar refractivity (Wildman–Crippen MR) is 251 cm³/mol. The third kappa shape index (κ3) is 13.7. The maximum Gasteiger partial charge on any atom is 0.326 e. The molecule has 17 heteroatoms. The number of rotatable bonds is 27. The van der Waals surface area contributed by atoms with Gasteiger partial charge in [0.15, 0.2) is 0 Å². The molecule has 3 aliphatic rings. The number of methoxy groups -OCH3 is 2. The van der Waals surface area contributed by atoms with E-state index in [1.54, 1.807) is 38.1 Å². The molecule has 2 aliphatic heterocycles. The molecule has 3 N–H and O–H groups in total. The van der Waals surface area contributed by atoms with E-state index >= 15 is 0 Å². The molecule has 0 aromatic heterocycles. The lowest BCUT2D eigenvalue weighted by Crippen LogP contribution is -2.60. The van der Waals surface area contributed by atoms with Crippen molar-refractivity contribution in [2.45, 2.75) is 155 Å². The maximum absolute atomic E-state index is 14.6. The largest absolute Gasteiger partial charge is 0.480 e. The summed E-state index contributed by atoms with van der Waals surface area (Å²) in [6, 6.07) is 5.00. The second-order valence-corrected chi connectivity index (χ2v) is 19.4. The average Bonchev–Trinajstić information content (AvgIpc) is 3.83. The summed E-state index contributed by atoms with van der Waals surface area (Å²) in [6.45, 7) is 13.3. The zero-order chi connectivity index (χ0) is 49.9. The molecule has 1 saturated heterocycles. The Morgan fingerprint density at radius 1 is 0.821 bits per heavy atom. The Hall–Kier alpha value is -5.16. The van der Waals surface area contributed by atoms with Gasteiger partial charge in [-0.15, -0.1) is 0 Å². The maximum atomic E-state index is 14.6. The summed E-state index contributed by atoms with van der Waals surface area (Å²) in [7, 11) is 6.25. The molecule has 11 atom stereocenters. The normalized spacial score (nSPS) is 21.2. The van der Waals surface area contributed by atoms with E-state index in [1.165, 1.54) is 36.2 Å². The van der Waals surface area contributed by atoms with Crippen molar-refractivity contribution in [2.24, 2.45) is 29.6 Å². The number of carbonyl (C=O) groups excluding carboxylic acids is 7. The number of carbonyl (C=O) groups is 8. The number of piperidine rings is 1. The van der Waals surface area contributed by atoms with Crippen LogP contribution in [0.3, 0.4) is 0 Å². The van der Waals surface area contributed by atoms with E-state index in [0.29, 0.717) is 32.1 Å². The first kappa shape index (κ1) is 54.4. The van der Waals surface area contributed by atoms with Crippen LogP contribution in [0.1, 0.15) is 105 Å². The molecule has 2 fully saturated rings. The monoisotopic (exact) mass is 937 g/mol. The summed E-state index contributed by atoms with van der Waals surface area (Å²) in [5, 5.41) is 15.6. The summed E-state index contributed by atoms with van der Waals surface area (Å²) >= 11 is 0. The third-order valence-corrected chi connectivity index (χ3v) is 14.1. The van der Waals surface area contributed by atoms with Crippen molar-refractivity contribution < 1.29 is 52.9 Å². The Balaban J connectivity index is 1.43. The van der Waals surface area contributed by atoms with E-state index in [0.717, 1.165) is 12.0 Å². The number of imide groups is 1. The van der Waals surface area contributed by atoms with Crippen LogP contribution >= 0.6 is 0 Å². The van der Waals surface area contributed by atoms with E-state index in [4.69, 9.17) is 9.47 Å². The predicted octanol–water partition coefficient (Wildman–Crippen LogP) is 3.83. The number of hydrogen-bond acceptors (Lipinski definition) is 10. The fraction of sp³-hybridized carbons (Fsp3) is 0.680. The number of carboxylic acids is 1. The number of likely N-dealkylation sites (N-methyl/N-ethyl adjacent to an activating group) is 2. The minimum Gasteiger partial charge on any atom is -0.480 e. The van der Waals surface area contributed by atoms with Gasteiger partial charge < -0.3 is 39.9 Å². The number of amides is 7. The lowest BCUT2D eigenvalue weighted by atomic mass is 9.89.